The number of aromatic nitrogens is 3. The molecule has 0 saturated heterocycles. The Bertz CT molecular complexity index is 1300. The number of halogens is 4. The Balaban J connectivity index is 1.93. The van der Waals surface area contributed by atoms with Gasteiger partial charge in [0.1, 0.15) is 16.9 Å². The molecule has 0 fully saturated rings. The van der Waals surface area contributed by atoms with Crippen molar-refractivity contribution < 1.29 is 19.1 Å². The minimum Gasteiger partial charge on any atom is -0.448 e. The van der Waals surface area contributed by atoms with Crippen LogP contribution >= 0.6 is 59.4 Å². The van der Waals surface area contributed by atoms with Crippen molar-refractivity contribution in [2.45, 2.75) is 6.92 Å². The Morgan fingerprint density at radius 1 is 1.26 bits per heavy atom. The van der Waals surface area contributed by atoms with Gasteiger partial charge in [0.25, 0.3) is 5.91 Å². The molecule has 3 rings (SSSR count). The molecule has 10 nitrogen and oxygen atoms in total. The molecule has 0 aliphatic rings. The van der Waals surface area contributed by atoms with Crippen LogP contribution in [0.25, 0.3) is 5.82 Å². The van der Waals surface area contributed by atoms with Crippen LogP contribution in [0.15, 0.2) is 50.1 Å². The molecular weight excluding hydrogens is 675 g/mol. The molecule has 1 atom stereocenters. The van der Waals surface area contributed by atoms with Crippen LogP contribution in [0.4, 0.5) is 10.5 Å². The quantitative estimate of drug-likeness (QED) is 0.150. The second-order valence-electron chi connectivity index (χ2n) is 7.29. The first-order valence-corrected chi connectivity index (χ1v) is 12.6. The van der Waals surface area contributed by atoms with Crippen LogP contribution < -0.4 is 11.2 Å². The lowest BCUT2D eigenvalue weighted by Gasteiger charge is -2.18. The Kier molecular flexibility index (Phi) is 9.05. The summed E-state index contributed by atoms with van der Waals surface area (Å²) in [7, 11) is 1.33. The summed E-state index contributed by atoms with van der Waals surface area (Å²) in [6.07, 6.45) is 0.748. The normalized spacial score (nSPS) is 11.6. The van der Waals surface area contributed by atoms with E-state index >= 15 is 0 Å². The fraction of sp³-hybridized carbons (Fsp3) is 0.190. The van der Waals surface area contributed by atoms with E-state index < -0.39 is 17.9 Å². The highest BCUT2D eigenvalue weighted by Gasteiger charge is 2.26. The maximum Gasteiger partial charge on any atom is 0.423 e. The number of benzene rings is 1. The largest absolute Gasteiger partial charge is 0.448 e. The summed E-state index contributed by atoms with van der Waals surface area (Å²) in [4.78, 5) is 42.4. The maximum atomic E-state index is 13.3. The standard InChI is InChI=1S/C21H18Br3ClN6O4/c1-10(9-35-21(34)30(2)26)18(32)12-6-11(22)7-13(23)17(12)28-20(33)15-8-16(24)29-31(15)19-14(25)4-3-5-27-19/h3-8,10H,9,26H2,1-2H3,(H,28,33). The first-order chi connectivity index (χ1) is 16.5. The fourth-order valence-electron chi connectivity index (χ4n) is 2.92. The summed E-state index contributed by atoms with van der Waals surface area (Å²) in [6.45, 7) is 1.40. The van der Waals surface area contributed by atoms with Gasteiger partial charge in [0.05, 0.1) is 16.6 Å². The Morgan fingerprint density at radius 2 is 1.97 bits per heavy atom. The SMILES string of the molecule is CC(COC(=O)N(C)N)C(=O)c1cc(Br)cc(Br)c1NC(=O)c1cc(Br)nn1-c1ncccc1Cl. The molecule has 0 radical (unpaired) electrons. The molecule has 0 aliphatic heterocycles. The lowest BCUT2D eigenvalue weighted by atomic mass is 9.98. The molecule has 3 aromatic rings. The third-order valence-electron chi connectivity index (χ3n) is 4.60. The van der Waals surface area contributed by atoms with E-state index in [1.165, 1.54) is 24.0 Å². The first-order valence-electron chi connectivity index (χ1n) is 9.85. The van der Waals surface area contributed by atoms with Gasteiger partial charge in [-0.3, -0.25) is 9.59 Å². The monoisotopic (exact) mass is 690 g/mol. The number of pyridine rings is 1. The van der Waals surface area contributed by atoms with Crippen molar-refractivity contribution in [2.75, 3.05) is 19.0 Å². The zero-order valence-electron chi connectivity index (χ0n) is 18.3. The number of nitrogens with two attached hydrogens (primary N) is 1. The van der Waals surface area contributed by atoms with Crippen LogP contribution in [0, 0.1) is 5.92 Å². The Hall–Kier alpha value is -2.32. The molecule has 0 saturated carbocycles. The van der Waals surface area contributed by atoms with Gasteiger partial charge >= 0.3 is 6.09 Å². The number of rotatable bonds is 7. The van der Waals surface area contributed by atoms with Gasteiger partial charge in [-0.25, -0.2) is 25.3 Å². The van der Waals surface area contributed by atoms with E-state index in [9.17, 15) is 14.4 Å². The number of hydrogen-bond donors (Lipinski definition) is 2. The topological polar surface area (TPSA) is 132 Å². The van der Waals surface area contributed by atoms with Crippen molar-refractivity contribution in [1.82, 2.24) is 19.8 Å². The van der Waals surface area contributed by atoms with Crippen molar-refractivity contribution in [3.63, 3.8) is 0 Å². The number of amides is 2. The van der Waals surface area contributed by atoms with E-state index in [0.29, 0.717) is 18.6 Å². The summed E-state index contributed by atoms with van der Waals surface area (Å²) < 4.78 is 7.77. The molecular formula is C21H18Br3ClN6O4. The smallest absolute Gasteiger partial charge is 0.423 e. The van der Waals surface area contributed by atoms with Gasteiger partial charge in [-0.15, -0.1) is 0 Å². The maximum absolute atomic E-state index is 13.3. The van der Waals surface area contributed by atoms with Crippen molar-refractivity contribution >= 4 is 82.9 Å². The van der Waals surface area contributed by atoms with Crippen molar-refractivity contribution in [1.29, 1.82) is 0 Å². The summed E-state index contributed by atoms with van der Waals surface area (Å²) >= 11 is 16.3. The van der Waals surface area contributed by atoms with Crippen LogP contribution in [0.5, 0.6) is 0 Å². The van der Waals surface area contributed by atoms with Gasteiger partial charge in [0.15, 0.2) is 11.6 Å². The van der Waals surface area contributed by atoms with Crippen LogP contribution in [0.1, 0.15) is 27.8 Å². The van der Waals surface area contributed by atoms with Crippen LogP contribution in [0.2, 0.25) is 5.02 Å². The highest BCUT2D eigenvalue weighted by molar-refractivity contribution is 9.11. The highest BCUT2D eigenvalue weighted by atomic mass is 79.9. The second-order valence-corrected chi connectivity index (χ2v) is 10.3. The number of Topliss-reactive ketones (excluding diaryl/α,β-unsaturated/α-hetero) is 1. The predicted molar refractivity (Wildman–Crippen MR) is 141 cm³/mol. The summed E-state index contributed by atoms with van der Waals surface area (Å²) in [5, 5.41) is 8.09. The second kappa shape index (κ2) is 11.6. The molecule has 3 N–H and O–H groups in total. The number of carbonyl (C=O) groups excluding carboxylic acids is 3. The molecule has 14 heteroatoms. The van der Waals surface area contributed by atoms with Gasteiger partial charge in [-0.2, -0.15) is 5.10 Å². The number of nitrogens with zero attached hydrogens (tertiary/aromatic N) is 4. The summed E-state index contributed by atoms with van der Waals surface area (Å²) in [6, 6.07) is 8.03. The zero-order valence-corrected chi connectivity index (χ0v) is 23.8. The number of nitrogens with one attached hydrogen (secondary N) is 1. The molecule has 1 aromatic carbocycles. The van der Waals surface area contributed by atoms with E-state index in [2.05, 4.69) is 63.2 Å². The number of ketones is 1. The average molecular weight is 694 g/mol. The van der Waals surface area contributed by atoms with Gasteiger partial charge in [-0.1, -0.05) is 34.5 Å². The first kappa shape index (κ1) is 27.3. The van der Waals surface area contributed by atoms with E-state index in [4.69, 9.17) is 22.2 Å². The molecule has 0 spiro atoms. The number of ether oxygens (including phenoxy) is 1. The number of hydrogen-bond acceptors (Lipinski definition) is 7. The molecule has 0 aliphatic carbocycles. The van der Waals surface area contributed by atoms with Gasteiger partial charge < -0.3 is 10.1 Å². The van der Waals surface area contributed by atoms with E-state index in [1.807, 2.05) is 0 Å². The molecule has 2 amide bonds. The third-order valence-corrected chi connectivity index (χ3v) is 6.37. The average Bonchev–Trinajstić information content (AvgIpc) is 3.19. The number of hydrazine groups is 1. The van der Waals surface area contributed by atoms with Gasteiger partial charge in [0, 0.05) is 33.8 Å². The Labute approximate surface area is 230 Å². The van der Waals surface area contributed by atoms with Crippen LogP contribution in [0.3, 0.4) is 0 Å². The summed E-state index contributed by atoms with van der Waals surface area (Å²) in [5.41, 5.74) is 0.553. The van der Waals surface area contributed by atoms with Crippen molar-refractivity contribution in [3.8, 4) is 5.82 Å². The molecule has 0 bridgehead atoms. The fourth-order valence-corrected chi connectivity index (χ4v) is 4.82. The minimum atomic E-state index is -0.777. The lowest BCUT2D eigenvalue weighted by Crippen LogP contribution is -2.35. The van der Waals surface area contributed by atoms with Crippen LogP contribution in [-0.2, 0) is 4.74 Å². The van der Waals surface area contributed by atoms with Crippen molar-refractivity contribution in [2.24, 2.45) is 11.8 Å². The van der Waals surface area contributed by atoms with E-state index in [-0.39, 0.29) is 35.2 Å². The number of carbonyl (C=O) groups is 3. The third kappa shape index (κ3) is 6.47. The van der Waals surface area contributed by atoms with Gasteiger partial charge in [-0.05, 0) is 56.1 Å². The van der Waals surface area contributed by atoms with Crippen LogP contribution in [-0.4, -0.2) is 51.2 Å². The zero-order chi connectivity index (χ0) is 25.9. The predicted octanol–water partition coefficient (Wildman–Crippen LogP) is 5.22. The number of anilines is 1. The van der Waals surface area contributed by atoms with Crippen molar-refractivity contribution in [3.05, 3.63) is 66.4 Å². The minimum absolute atomic E-state index is 0.124. The summed E-state index contributed by atoms with van der Waals surface area (Å²) in [5.74, 6) is 3.95. The lowest BCUT2D eigenvalue weighted by molar-refractivity contribution is 0.0767. The molecule has 184 valence electrons. The molecule has 2 heterocycles. The van der Waals surface area contributed by atoms with E-state index in [0.717, 1.165) is 5.01 Å². The van der Waals surface area contributed by atoms with Gasteiger partial charge in [0.2, 0.25) is 0 Å². The Morgan fingerprint density at radius 3 is 2.63 bits per heavy atom. The molecule has 1 unspecified atom stereocenters. The van der Waals surface area contributed by atoms with E-state index in [1.54, 1.807) is 31.2 Å². The highest BCUT2D eigenvalue weighted by Crippen LogP contribution is 2.33. The molecule has 35 heavy (non-hydrogen) atoms. The molecule has 2 aromatic heterocycles.